The third-order valence-corrected chi connectivity index (χ3v) is 2.57. The van der Waals surface area contributed by atoms with E-state index in [1.165, 1.54) is 0 Å². The molecule has 0 aromatic carbocycles. The zero-order valence-corrected chi connectivity index (χ0v) is 9.03. The Morgan fingerprint density at radius 3 is 3.00 bits per heavy atom. The summed E-state index contributed by atoms with van der Waals surface area (Å²) in [7, 11) is 0. The molecule has 0 saturated carbocycles. The Hall–Kier alpha value is -0.610. The highest BCUT2D eigenvalue weighted by atomic mass is 16.5. The first-order chi connectivity index (χ1) is 6.66. The lowest BCUT2D eigenvalue weighted by Gasteiger charge is -2.34. The van der Waals surface area contributed by atoms with Gasteiger partial charge in [0.15, 0.2) is 0 Å². The minimum atomic E-state index is -0.333. The Morgan fingerprint density at radius 1 is 1.71 bits per heavy atom. The lowest BCUT2D eigenvalue weighted by molar-refractivity contribution is -0.140. The maximum Gasteiger partial charge on any atom is 0.239 e. The third-order valence-electron chi connectivity index (χ3n) is 2.57. The third kappa shape index (κ3) is 2.69. The minimum absolute atomic E-state index is 0.0719. The molecule has 2 atom stereocenters. The lowest BCUT2D eigenvalue weighted by Crippen LogP contribution is -2.52. The summed E-state index contributed by atoms with van der Waals surface area (Å²) in [6, 6.07) is -0.167. The summed E-state index contributed by atoms with van der Waals surface area (Å²) in [6.45, 7) is 5.97. The van der Waals surface area contributed by atoms with Crippen molar-refractivity contribution in [1.82, 2.24) is 4.90 Å². The molecule has 1 aliphatic heterocycles. The first-order valence-corrected chi connectivity index (χ1v) is 5.30. The zero-order valence-electron chi connectivity index (χ0n) is 9.03. The molecule has 1 heterocycles. The fourth-order valence-electron chi connectivity index (χ4n) is 1.70. The maximum atomic E-state index is 11.8. The van der Waals surface area contributed by atoms with Crippen LogP contribution in [0.25, 0.3) is 0 Å². The van der Waals surface area contributed by atoms with E-state index in [0.29, 0.717) is 19.8 Å². The van der Waals surface area contributed by atoms with Crippen molar-refractivity contribution in [3.63, 3.8) is 0 Å². The highest BCUT2D eigenvalue weighted by Crippen LogP contribution is 2.09. The number of carbonyl (C=O) groups is 1. The van der Waals surface area contributed by atoms with Crippen LogP contribution in [0.5, 0.6) is 0 Å². The lowest BCUT2D eigenvalue weighted by atomic mass is 10.1. The number of amides is 1. The van der Waals surface area contributed by atoms with Crippen LogP contribution in [-0.2, 0) is 9.53 Å². The van der Waals surface area contributed by atoms with Crippen molar-refractivity contribution >= 4 is 5.91 Å². The van der Waals surface area contributed by atoms with Gasteiger partial charge in [-0.2, -0.15) is 0 Å². The summed E-state index contributed by atoms with van der Waals surface area (Å²) in [4.78, 5) is 13.7. The van der Waals surface area contributed by atoms with Crippen molar-refractivity contribution in [2.24, 2.45) is 5.73 Å². The monoisotopic (exact) mass is 200 g/mol. The summed E-state index contributed by atoms with van der Waals surface area (Å²) < 4.78 is 5.27. The van der Waals surface area contributed by atoms with Gasteiger partial charge in [0.25, 0.3) is 0 Å². The fraction of sp³-hybridized carbons (Fsp3) is 0.900. The SMILES string of the molecule is CCCC(N)C(=O)N1CCOC[C@H]1C. The van der Waals surface area contributed by atoms with E-state index in [9.17, 15) is 4.79 Å². The number of nitrogens with two attached hydrogens (primary N) is 1. The van der Waals surface area contributed by atoms with Gasteiger partial charge in [-0.1, -0.05) is 13.3 Å². The Labute approximate surface area is 85.4 Å². The molecular formula is C10H20N2O2. The molecule has 0 radical (unpaired) electrons. The van der Waals surface area contributed by atoms with Gasteiger partial charge in [-0.05, 0) is 13.3 Å². The summed E-state index contributed by atoms with van der Waals surface area (Å²) >= 11 is 0. The van der Waals surface area contributed by atoms with Crippen LogP contribution < -0.4 is 5.73 Å². The van der Waals surface area contributed by atoms with Gasteiger partial charge < -0.3 is 15.4 Å². The van der Waals surface area contributed by atoms with Crippen LogP contribution in [0.1, 0.15) is 26.7 Å². The topological polar surface area (TPSA) is 55.6 Å². The first-order valence-electron chi connectivity index (χ1n) is 5.30. The van der Waals surface area contributed by atoms with E-state index in [4.69, 9.17) is 10.5 Å². The molecule has 1 fully saturated rings. The molecule has 0 bridgehead atoms. The van der Waals surface area contributed by atoms with Crippen LogP contribution in [-0.4, -0.2) is 42.6 Å². The zero-order chi connectivity index (χ0) is 10.6. The molecule has 4 heteroatoms. The Balaban J connectivity index is 2.49. The molecule has 1 amide bonds. The van der Waals surface area contributed by atoms with Gasteiger partial charge in [0.1, 0.15) is 0 Å². The van der Waals surface area contributed by atoms with Crippen molar-refractivity contribution in [3.05, 3.63) is 0 Å². The summed E-state index contributed by atoms with van der Waals surface area (Å²) in [5.74, 6) is 0.0719. The van der Waals surface area contributed by atoms with Crippen LogP contribution in [0.3, 0.4) is 0 Å². The number of rotatable bonds is 3. The van der Waals surface area contributed by atoms with Crippen LogP contribution in [0.4, 0.5) is 0 Å². The molecule has 82 valence electrons. The molecule has 1 unspecified atom stereocenters. The number of morpholine rings is 1. The second-order valence-electron chi connectivity index (χ2n) is 3.85. The van der Waals surface area contributed by atoms with Crippen LogP contribution in [0.2, 0.25) is 0 Å². The summed E-state index contributed by atoms with van der Waals surface area (Å²) in [5.41, 5.74) is 5.79. The number of nitrogens with zero attached hydrogens (tertiary/aromatic N) is 1. The fourth-order valence-corrected chi connectivity index (χ4v) is 1.70. The Kier molecular flexibility index (Phi) is 4.35. The number of ether oxygens (including phenoxy) is 1. The highest BCUT2D eigenvalue weighted by Gasteiger charge is 2.26. The summed E-state index contributed by atoms with van der Waals surface area (Å²) in [6.07, 6.45) is 1.72. The van der Waals surface area contributed by atoms with E-state index in [1.54, 1.807) is 0 Å². The van der Waals surface area contributed by atoms with Crippen LogP contribution >= 0.6 is 0 Å². The van der Waals surface area contributed by atoms with Crippen LogP contribution in [0, 0.1) is 0 Å². The predicted octanol–water partition coefficient (Wildman–Crippen LogP) is 0.361. The van der Waals surface area contributed by atoms with Gasteiger partial charge in [0, 0.05) is 6.54 Å². The second-order valence-corrected chi connectivity index (χ2v) is 3.85. The van der Waals surface area contributed by atoms with Gasteiger partial charge in [0.05, 0.1) is 25.3 Å². The van der Waals surface area contributed by atoms with Crippen molar-refractivity contribution < 1.29 is 9.53 Å². The average Bonchev–Trinajstić information content (AvgIpc) is 2.18. The van der Waals surface area contributed by atoms with E-state index in [2.05, 4.69) is 0 Å². The molecular weight excluding hydrogens is 180 g/mol. The Morgan fingerprint density at radius 2 is 2.43 bits per heavy atom. The number of hydrogen-bond acceptors (Lipinski definition) is 3. The van der Waals surface area contributed by atoms with E-state index >= 15 is 0 Å². The maximum absolute atomic E-state index is 11.8. The van der Waals surface area contributed by atoms with Crippen molar-refractivity contribution in [2.45, 2.75) is 38.8 Å². The van der Waals surface area contributed by atoms with Gasteiger partial charge >= 0.3 is 0 Å². The molecule has 14 heavy (non-hydrogen) atoms. The van der Waals surface area contributed by atoms with E-state index in [1.807, 2.05) is 18.7 Å². The Bertz CT molecular complexity index is 197. The van der Waals surface area contributed by atoms with Gasteiger partial charge in [-0.15, -0.1) is 0 Å². The van der Waals surface area contributed by atoms with Crippen molar-refractivity contribution in [2.75, 3.05) is 19.8 Å². The quantitative estimate of drug-likeness (QED) is 0.715. The van der Waals surface area contributed by atoms with E-state index in [-0.39, 0.29) is 18.0 Å². The predicted molar refractivity (Wildman–Crippen MR) is 54.9 cm³/mol. The second kappa shape index (κ2) is 5.32. The molecule has 4 nitrogen and oxygen atoms in total. The molecule has 1 aliphatic rings. The average molecular weight is 200 g/mol. The van der Waals surface area contributed by atoms with Crippen molar-refractivity contribution in [1.29, 1.82) is 0 Å². The molecule has 0 spiro atoms. The molecule has 0 aromatic heterocycles. The summed E-state index contributed by atoms with van der Waals surface area (Å²) in [5, 5.41) is 0. The smallest absolute Gasteiger partial charge is 0.239 e. The molecule has 0 aromatic rings. The standard InChI is InChI=1S/C10H20N2O2/c1-3-4-9(11)10(13)12-5-6-14-7-8(12)2/h8-9H,3-7,11H2,1-2H3/t8-,9?/m1/s1. The van der Waals surface area contributed by atoms with Gasteiger partial charge in [-0.3, -0.25) is 4.79 Å². The molecule has 1 saturated heterocycles. The molecule has 2 N–H and O–H groups in total. The number of hydrogen-bond donors (Lipinski definition) is 1. The first kappa shape index (κ1) is 11.5. The minimum Gasteiger partial charge on any atom is -0.377 e. The van der Waals surface area contributed by atoms with Gasteiger partial charge in [0.2, 0.25) is 5.91 Å². The number of carbonyl (C=O) groups excluding carboxylic acids is 1. The van der Waals surface area contributed by atoms with E-state index < -0.39 is 0 Å². The van der Waals surface area contributed by atoms with Gasteiger partial charge in [-0.25, -0.2) is 0 Å². The normalized spacial score (nSPS) is 24.8. The van der Waals surface area contributed by atoms with Crippen molar-refractivity contribution in [3.8, 4) is 0 Å². The van der Waals surface area contributed by atoms with E-state index in [0.717, 1.165) is 12.8 Å². The largest absolute Gasteiger partial charge is 0.377 e. The molecule has 0 aliphatic carbocycles. The highest BCUT2D eigenvalue weighted by molar-refractivity contribution is 5.82. The molecule has 1 rings (SSSR count). The van der Waals surface area contributed by atoms with Crippen LogP contribution in [0.15, 0.2) is 0 Å².